The smallest absolute Gasteiger partial charge is 0.413 e. The van der Waals surface area contributed by atoms with E-state index in [9.17, 15) is 13.6 Å². The molecule has 0 unspecified atom stereocenters. The zero-order valence-electron chi connectivity index (χ0n) is 19.7. The predicted molar refractivity (Wildman–Crippen MR) is 130 cm³/mol. The summed E-state index contributed by atoms with van der Waals surface area (Å²) >= 11 is 0. The van der Waals surface area contributed by atoms with E-state index in [0.29, 0.717) is 42.1 Å². The molecule has 0 saturated carbocycles. The molecule has 9 nitrogen and oxygen atoms in total. The molecular formula is C25H25F2N7O2. The van der Waals surface area contributed by atoms with Crippen LogP contribution in [-0.4, -0.2) is 61.5 Å². The van der Waals surface area contributed by atoms with Gasteiger partial charge < -0.3 is 9.72 Å². The van der Waals surface area contributed by atoms with Gasteiger partial charge in [0.15, 0.2) is 5.82 Å². The zero-order valence-corrected chi connectivity index (χ0v) is 19.7. The minimum absolute atomic E-state index is 0.118. The first kappa shape index (κ1) is 23.7. The molecular weight excluding hydrogens is 468 g/mol. The van der Waals surface area contributed by atoms with Gasteiger partial charge in [0, 0.05) is 62.2 Å². The van der Waals surface area contributed by atoms with Crippen molar-refractivity contribution in [1.29, 1.82) is 0 Å². The second-order valence-corrected chi connectivity index (χ2v) is 8.59. The van der Waals surface area contributed by atoms with Gasteiger partial charge in [-0.1, -0.05) is 6.07 Å². The van der Waals surface area contributed by atoms with Crippen LogP contribution in [0.25, 0.3) is 33.5 Å². The van der Waals surface area contributed by atoms with E-state index >= 15 is 0 Å². The molecule has 4 aromatic rings. The molecule has 0 aliphatic carbocycles. The van der Waals surface area contributed by atoms with Crippen LogP contribution in [0.1, 0.15) is 25.5 Å². The Morgan fingerprint density at radius 2 is 1.92 bits per heavy atom. The van der Waals surface area contributed by atoms with E-state index < -0.39 is 12.0 Å². The number of aromatic amines is 1. The van der Waals surface area contributed by atoms with E-state index in [1.54, 1.807) is 31.6 Å². The lowest BCUT2D eigenvalue weighted by Gasteiger charge is -2.31. The third-order valence-electron chi connectivity index (χ3n) is 6.02. The maximum absolute atomic E-state index is 13.4. The Bertz CT molecular complexity index is 1350. The SMILES string of the molecule is CCOC(=O)Nc1nc2c(-c3ncccn3)cc(-c3ccc(CN4CCC(F)(F)CC4)nc3)cc2[nH]1. The van der Waals surface area contributed by atoms with Crippen molar-refractivity contribution in [2.24, 2.45) is 0 Å². The fourth-order valence-electron chi connectivity index (χ4n) is 4.17. The highest BCUT2D eigenvalue weighted by Crippen LogP contribution is 2.32. The second-order valence-electron chi connectivity index (χ2n) is 8.59. The summed E-state index contributed by atoms with van der Waals surface area (Å²) in [5.41, 5.74) is 4.50. The van der Waals surface area contributed by atoms with Crippen LogP contribution >= 0.6 is 0 Å². The van der Waals surface area contributed by atoms with Gasteiger partial charge in [-0.3, -0.25) is 15.2 Å². The number of fused-ring (bicyclic) bond motifs is 1. The maximum atomic E-state index is 13.4. The van der Waals surface area contributed by atoms with Crippen molar-refractivity contribution in [1.82, 2.24) is 29.8 Å². The summed E-state index contributed by atoms with van der Waals surface area (Å²) in [6.07, 6.45) is 4.22. The van der Waals surface area contributed by atoms with Crippen LogP contribution in [0.4, 0.5) is 19.5 Å². The molecule has 0 bridgehead atoms. The molecule has 3 aromatic heterocycles. The fraction of sp³-hybridized carbons (Fsp3) is 0.320. The van der Waals surface area contributed by atoms with Gasteiger partial charge in [-0.05, 0) is 36.8 Å². The van der Waals surface area contributed by atoms with Crippen molar-refractivity contribution in [3.05, 3.63) is 54.6 Å². The molecule has 1 aliphatic rings. The Hall–Kier alpha value is -3.99. The predicted octanol–water partition coefficient (Wildman–Crippen LogP) is 4.88. The number of alkyl halides is 2. The molecule has 36 heavy (non-hydrogen) atoms. The standard InChI is InChI=1S/C25H25F2N7O2/c1-2-36-24(35)33-23-31-20-13-17(12-19(21(20)32-23)22-28-8-3-9-29-22)16-4-5-18(30-14-16)15-34-10-6-25(26,27)7-11-34/h3-5,8-9,12-14H,2,6-7,10-11,15H2,1H3,(H2,31,32,33,35). The van der Waals surface area contributed by atoms with Gasteiger partial charge >= 0.3 is 6.09 Å². The highest BCUT2D eigenvalue weighted by Gasteiger charge is 2.33. The lowest BCUT2D eigenvalue weighted by Crippen LogP contribution is -2.38. The van der Waals surface area contributed by atoms with Gasteiger partial charge in [-0.2, -0.15) is 0 Å². The number of hydrogen-bond acceptors (Lipinski definition) is 7. The van der Waals surface area contributed by atoms with Crippen LogP contribution in [0.15, 0.2) is 48.9 Å². The van der Waals surface area contributed by atoms with Gasteiger partial charge in [-0.15, -0.1) is 0 Å². The summed E-state index contributed by atoms with van der Waals surface area (Å²) < 4.78 is 31.8. The number of halogens is 2. The van der Waals surface area contributed by atoms with Gasteiger partial charge in [0.2, 0.25) is 5.95 Å². The third kappa shape index (κ3) is 5.30. The lowest BCUT2D eigenvalue weighted by atomic mass is 10.0. The molecule has 2 N–H and O–H groups in total. The van der Waals surface area contributed by atoms with Crippen LogP contribution in [0.2, 0.25) is 0 Å². The van der Waals surface area contributed by atoms with Crippen LogP contribution in [-0.2, 0) is 11.3 Å². The molecule has 4 heterocycles. The summed E-state index contributed by atoms with van der Waals surface area (Å²) in [6.45, 7) is 3.21. The van der Waals surface area contributed by atoms with Crippen molar-refractivity contribution in [3.8, 4) is 22.5 Å². The number of aromatic nitrogens is 5. The number of H-pyrrole nitrogens is 1. The minimum Gasteiger partial charge on any atom is -0.450 e. The van der Waals surface area contributed by atoms with Crippen LogP contribution in [0.5, 0.6) is 0 Å². The molecule has 11 heteroatoms. The number of ether oxygens (including phenoxy) is 1. The quantitative estimate of drug-likeness (QED) is 0.394. The fourth-order valence-corrected chi connectivity index (χ4v) is 4.17. The number of carbonyl (C=O) groups excluding carboxylic acids is 1. The Morgan fingerprint density at radius 3 is 2.61 bits per heavy atom. The number of piperidine rings is 1. The molecule has 1 amide bonds. The highest BCUT2D eigenvalue weighted by atomic mass is 19.3. The molecule has 0 radical (unpaired) electrons. The lowest BCUT2D eigenvalue weighted by molar-refractivity contribution is -0.0568. The molecule has 186 valence electrons. The molecule has 1 aliphatic heterocycles. The number of imidazole rings is 1. The van der Waals surface area contributed by atoms with Crippen LogP contribution in [0.3, 0.4) is 0 Å². The van der Waals surface area contributed by atoms with E-state index in [2.05, 4.69) is 30.2 Å². The number of likely N-dealkylation sites (tertiary alicyclic amines) is 1. The van der Waals surface area contributed by atoms with E-state index in [4.69, 9.17) is 4.74 Å². The number of amides is 1. The number of pyridine rings is 1. The first-order valence-electron chi connectivity index (χ1n) is 11.7. The van der Waals surface area contributed by atoms with Crippen molar-refractivity contribution < 1.29 is 18.3 Å². The Labute approximate surface area is 206 Å². The van der Waals surface area contributed by atoms with Crippen molar-refractivity contribution in [2.45, 2.75) is 32.2 Å². The first-order chi connectivity index (χ1) is 17.4. The van der Waals surface area contributed by atoms with Gasteiger partial charge in [0.05, 0.1) is 17.8 Å². The number of anilines is 1. The number of rotatable bonds is 6. The Kier molecular flexibility index (Phi) is 6.55. The van der Waals surface area contributed by atoms with E-state index in [-0.39, 0.29) is 25.4 Å². The normalized spacial score (nSPS) is 15.6. The summed E-state index contributed by atoms with van der Waals surface area (Å²) in [5.74, 6) is -1.83. The molecule has 1 aromatic carbocycles. The van der Waals surface area contributed by atoms with E-state index in [1.807, 2.05) is 29.2 Å². The zero-order chi connectivity index (χ0) is 25.1. The number of nitrogens with one attached hydrogen (secondary N) is 2. The molecule has 1 fully saturated rings. The maximum Gasteiger partial charge on any atom is 0.413 e. The monoisotopic (exact) mass is 493 g/mol. The minimum atomic E-state index is -2.56. The molecule has 5 rings (SSSR count). The summed E-state index contributed by atoms with van der Waals surface area (Å²) in [6, 6.07) is 9.43. The molecule has 0 spiro atoms. The number of nitrogens with zero attached hydrogens (tertiary/aromatic N) is 5. The number of hydrogen-bond donors (Lipinski definition) is 2. The average Bonchev–Trinajstić information content (AvgIpc) is 3.28. The van der Waals surface area contributed by atoms with Crippen molar-refractivity contribution >= 4 is 23.1 Å². The largest absolute Gasteiger partial charge is 0.450 e. The van der Waals surface area contributed by atoms with Crippen molar-refractivity contribution in [3.63, 3.8) is 0 Å². The van der Waals surface area contributed by atoms with Crippen LogP contribution < -0.4 is 5.32 Å². The van der Waals surface area contributed by atoms with Gasteiger partial charge in [0.25, 0.3) is 5.92 Å². The summed E-state index contributed by atoms with van der Waals surface area (Å²) in [5, 5.41) is 2.59. The van der Waals surface area contributed by atoms with Crippen LogP contribution in [0, 0.1) is 0 Å². The molecule has 1 saturated heterocycles. The summed E-state index contributed by atoms with van der Waals surface area (Å²) in [4.78, 5) is 34.8. The second kappa shape index (κ2) is 9.94. The topological polar surface area (TPSA) is 109 Å². The van der Waals surface area contributed by atoms with Gasteiger partial charge in [0.1, 0.15) is 5.52 Å². The first-order valence-corrected chi connectivity index (χ1v) is 11.7. The van der Waals surface area contributed by atoms with Crippen molar-refractivity contribution in [2.75, 3.05) is 25.0 Å². The Morgan fingerprint density at radius 1 is 1.14 bits per heavy atom. The number of carbonyl (C=O) groups is 1. The third-order valence-corrected chi connectivity index (χ3v) is 6.02. The average molecular weight is 494 g/mol. The van der Waals surface area contributed by atoms with Gasteiger partial charge in [-0.25, -0.2) is 28.5 Å². The highest BCUT2D eigenvalue weighted by molar-refractivity contribution is 5.96. The number of benzene rings is 1. The Balaban J connectivity index is 1.44. The van der Waals surface area contributed by atoms with E-state index in [1.165, 1.54) is 0 Å². The summed E-state index contributed by atoms with van der Waals surface area (Å²) in [7, 11) is 0. The molecule has 0 atom stereocenters. The van der Waals surface area contributed by atoms with E-state index in [0.717, 1.165) is 16.8 Å².